The van der Waals surface area contributed by atoms with Gasteiger partial charge in [0.1, 0.15) is 0 Å². The lowest BCUT2D eigenvalue weighted by molar-refractivity contribution is 0.417. The molecule has 0 aromatic carbocycles. The largest absolute Gasteiger partial charge is 0.448 e. The van der Waals surface area contributed by atoms with Crippen molar-refractivity contribution in [2.24, 2.45) is 5.73 Å². The van der Waals surface area contributed by atoms with Crippen LogP contribution in [0.15, 0.2) is 0 Å². The Kier molecular flexibility index (Phi) is 910. The van der Waals surface area contributed by atoms with Crippen molar-refractivity contribution < 1.29 is 10.0 Å². The van der Waals surface area contributed by atoms with Crippen LogP contribution in [-0.4, -0.2) is 45.0 Å². The van der Waals surface area contributed by atoms with Gasteiger partial charge in [-0.2, -0.15) is 0 Å². The minimum Gasteiger partial charge on any atom is -0.427 e. The number of hydrogen-bond donors (Lipinski definition) is 5. The molecular weight excluding hydrogens is 358 g/mol. The molecule has 0 heterocycles. The third-order valence-corrected chi connectivity index (χ3v) is 0. The Bertz CT molecular complexity index is 56.4. The number of nitrogens with two attached hydrogens (primary N) is 1. The second kappa shape index (κ2) is 342. The summed E-state index contributed by atoms with van der Waals surface area (Å²) in [5.41, 5.74) is 4.50. The zero-order chi connectivity index (χ0) is 23.0. The van der Waals surface area contributed by atoms with Gasteiger partial charge in [0.15, 0.2) is 0 Å². The Hall–Kier alpha value is 1.15. The summed E-state index contributed by atoms with van der Waals surface area (Å²) in [5.74, 6) is 0. The molecule has 0 saturated carbocycles. The molecule has 0 aliphatic heterocycles. The maximum Gasteiger partial charge on any atom is 0.448 e. The Morgan fingerprint density at radius 1 is 0.625 bits per heavy atom. The fourth-order valence-electron chi connectivity index (χ4n) is 0. The summed E-state index contributed by atoms with van der Waals surface area (Å²) in [7, 11) is 11.1. The van der Waals surface area contributed by atoms with Crippen LogP contribution in [0.25, 0.3) is 0 Å². The van der Waals surface area contributed by atoms with E-state index < -0.39 is 7.12 Å². The minimum atomic E-state index is -1.17. The van der Waals surface area contributed by atoms with Crippen molar-refractivity contribution in [3.63, 3.8) is 0 Å². The fourth-order valence-corrected chi connectivity index (χ4v) is 0. The monoisotopic (exact) mass is 415 g/mol. The van der Waals surface area contributed by atoms with E-state index in [2.05, 4.69) is 43.9 Å². The molecule has 24 heavy (non-hydrogen) atoms. The number of nitrogens with one attached hydrogen (secondary N) is 2. The van der Waals surface area contributed by atoms with Gasteiger partial charge in [0, 0.05) is 0 Å². The Balaban J connectivity index is -0.0000000115. The molecule has 5 nitrogen and oxygen atoms in total. The second-order valence-corrected chi connectivity index (χ2v) is 2.36. The van der Waals surface area contributed by atoms with E-state index in [1.165, 1.54) is 13.9 Å². The molecule has 0 aromatic rings. The van der Waals surface area contributed by atoms with E-state index in [0.717, 1.165) is 0 Å². The van der Waals surface area contributed by atoms with E-state index in [0.29, 0.717) is 0 Å². The van der Waals surface area contributed by atoms with E-state index in [1.807, 2.05) is 90.0 Å². The number of rotatable bonds is 0. The van der Waals surface area contributed by atoms with Crippen molar-refractivity contribution in [1.29, 1.82) is 0 Å². The van der Waals surface area contributed by atoms with Crippen molar-refractivity contribution in [3.05, 3.63) is 0 Å². The van der Waals surface area contributed by atoms with E-state index >= 15 is 0 Å². The van der Waals surface area contributed by atoms with Crippen molar-refractivity contribution >= 4 is 35.1 Å². The zero-order valence-electron chi connectivity index (χ0n) is 19.8. The topological polar surface area (TPSA) is 90.5 Å². The lowest BCUT2D eigenvalue weighted by Crippen LogP contribution is -2.00. The summed E-state index contributed by atoms with van der Waals surface area (Å²) in [6.07, 6.45) is 0. The molecule has 0 fully saturated rings. The molecular formula is C15H57BN3O2P3. The highest BCUT2D eigenvalue weighted by Crippen LogP contribution is 1.51. The second-order valence-electron chi connectivity index (χ2n) is 1.21. The zero-order valence-corrected chi connectivity index (χ0v) is 23.2. The molecule has 0 rings (SSSR count). The fraction of sp³-hybridized carbons (Fsp3) is 1.00. The van der Waals surface area contributed by atoms with Gasteiger partial charge in [-0.25, -0.2) is 0 Å². The van der Waals surface area contributed by atoms with Gasteiger partial charge >= 0.3 is 7.12 Å². The first-order valence-electron chi connectivity index (χ1n) is 8.83. The first-order valence-corrected chi connectivity index (χ1v) is 11.1. The lowest BCUT2D eigenvalue weighted by atomic mass is 9.99. The van der Waals surface area contributed by atoms with Crippen molar-refractivity contribution in [1.82, 2.24) is 10.2 Å². The summed E-state index contributed by atoms with van der Waals surface area (Å²) in [5, 5.41) is 20.6. The summed E-state index contributed by atoms with van der Waals surface area (Å²) >= 11 is 0. The highest BCUT2D eigenvalue weighted by Gasteiger charge is 1.86. The lowest BCUT2D eigenvalue weighted by Gasteiger charge is -1.71. The third-order valence-electron chi connectivity index (χ3n) is 0. The highest BCUT2D eigenvalue weighted by molar-refractivity contribution is 7.15. The molecule has 0 saturated heterocycles. The smallest absolute Gasteiger partial charge is 0.427 e. The third kappa shape index (κ3) is 8520. The summed E-state index contributed by atoms with van der Waals surface area (Å²) in [6, 6.07) is 0. The van der Waals surface area contributed by atoms with Crippen LogP contribution in [0.3, 0.4) is 0 Å². The average Bonchev–Trinajstić information content (AvgIpc) is 2.67. The maximum absolute atomic E-state index is 7.61. The Morgan fingerprint density at radius 2 is 0.625 bits per heavy atom. The van der Waals surface area contributed by atoms with Crippen LogP contribution in [-0.2, 0) is 0 Å². The van der Waals surface area contributed by atoms with E-state index in [4.69, 9.17) is 10.0 Å². The predicted octanol–water partition coefficient (Wildman–Crippen LogP) is 4.28. The predicted molar refractivity (Wildman–Crippen MR) is 136 cm³/mol. The van der Waals surface area contributed by atoms with Gasteiger partial charge < -0.3 is 26.0 Å². The van der Waals surface area contributed by atoms with Gasteiger partial charge in [-0.1, -0.05) is 94.7 Å². The van der Waals surface area contributed by atoms with Crippen LogP contribution < -0.4 is 15.9 Å². The van der Waals surface area contributed by atoms with Crippen molar-refractivity contribution in [2.75, 3.05) is 27.8 Å². The molecule has 6 N–H and O–H groups in total. The Morgan fingerprint density at radius 3 is 0.625 bits per heavy atom. The minimum absolute atomic E-state index is 1.17. The first kappa shape index (κ1) is 63.9. The average molecular weight is 415 g/mol. The summed E-state index contributed by atoms with van der Waals surface area (Å²) in [6.45, 7) is 23.2. The molecule has 162 valence electrons. The molecule has 0 aliphatic rings. The Labute approximate surface area is 165 Å². The molecule has 0 amide bonds. The highest BCUT2D eigenvalue weighted by atomic mass is 31.0. The van der Waals surface area contributed by atoms with Gasteiger partial charge in [0.2, 0.25) is 0 Å². The maximum atomic E-state index is 7.61. The molecule has 3 atom stereocenters. The van der Waals surface area contributed by atoms with E-state index in [1.54, 1.807) is 0 Å². The molecule has 3 unspecified atom stereocenters. The molecule has 0 bridgehead atoms. The molecule has 0 aliphatic carbocycles. The van der Waals surface area contributed by atoms with Crippen LogP contribution >= 0.6 is 28.0 Å². The molecule has 0 radical (unpaired) electrons. The van der Waals surface area contributed by atoms with Gasteiger partial charge in [-0.05, 0) is 28.0 Å². The van der Waals surface area contributed by atoms with Crippen LogP contribution in [0.4, 0.5) is 0 Å². The van der Waals surface area contributed by atoms with Crippen LogP contribution in [0.2, 0.25) is 6.82 Å². The van der Waals surface area contributed by atoms with Gasteiger partial charge in [-0.3, -0.25) is 0 Å². The van der Waals surface area contributed by atoms with Gasteiger partial charge in [-0.15, -0.1) is 9.24 Å². The summed E-state index contributed by atoms with van der Waals surface area (Å²) < 4.78 is 0. The molecule has 0 aromatic heterocycles. The number of hydrogen-bond acceptors (Lipinski definition) is 5. The quantitative estimate of drug-likeness (QED) is 0.301. The van der Waals surface area contributed by atoms with Crippen LogP contribution in [0.5, 0.6) is 0 Å². The van der Waals surface area contributed by atoms with E-state index in [9.17, 15) is 0 Å². The SMILES string of the molecule is CB(O)O.CC.CC.CC.CC.CC.CN.CNP.CNP.CP. The normalized spacial score (nSPS) is 4.38. The van der Waals surface area contributed by atoms with Gasteiger partial charge in [0.25, 0.3) is 0 Å². The van der Waals surface area contributed by atoms with Crippen molar-refractivity contribution in [3.8, 4) is 0 Å². The standard InChI is InChI=1S/5C2H6.CH5BO2.2CH6NP.CH5N.CH5P/c5*1-2;1-2(3)4;2*1-2-3;2*1-2/h5*1-2H3;3-4H,1H3;2*2H,3H2,1H3;2*2H2,1H3. The summed E-state index contributed by atoms with van der Waals surface area (Å²) in [4.78, 5) is 0. The van der Waals surface area contributed by atoms with Crippen LogP contribution in [0.1, 0.15) is 69.2 Å². The first-order chi connectivity index (χ1) is 11.6. The molecule has 9 heteroatoms. The van der Waals surface area contributed by atoms with Gasteiger partial charge in [0.05, 0.1) is 0 Å². The van der Waals surface area contributed by atoms with E-state index in [-0.39, 0.29) is 0 Å². The molecule has 0 spiro atoms. The van der Waals surface area contributed by atoms with Crippen molar-refractivity contribution in [2.45, 2.75) is 76.1 Å². The van der Waals surface area contributed by atoms with Crippen LogP contribution in [0, 0.1) is 0 Å².